The largest absolute Gasteiger partial charge is 0.507 e. The molecule has 0 bridgehead atoms. The van der Waals surface area contributed by atoms with Gasteiger partial charge in [-0.15, -0.1) is 10.2 Å². The van der Waals surface area contributed by atoms with Gasteiger partial charge in [0.25, 0.3) is 0 Å². The third-order valence-electron chi connectivity index (χ3n) is 4.10. The van der Waals surface area contributed by atoms with E-state index in [0.717, 1.165) is 16.4 Å². The van der Waals surface area contributed by atoms with Crippen LogP contribution in [0.15, 0.2) is 60.0 Å². The molecule has 0 saturated carbocycles. The van der Waals surface area contributed by atoms with Crippen LogP contribution in [0.5, 0.6) is 5.75 Å². The van der Waals surface area contributed by atoms with Crippen LogP contribution in [0.25, 0.3) is 5.69 Å². The van der Waals surface area contributed by atoms with Crippen LogP contribution in [0.2, 0.25) is 0 Å². The van der Waals surface area contributed by atoms with Gasteiger partial charge < -0.3 is 5.11 Å². The topological polar surface area (TPSA) is 68.0 Å². The summed E-state index contributed by atoms with van der Waals surface area (Å²) in [5.41, 5.74) is 2.41. The van der Waals surface area contributed by atoms with E-state index in [9.17, 15) is 9.90 Å². The number of ketones is 1. The van der Waals surface area contributed by atoms with Crippen molar-refractivity contribution in [1.29, 1.82) is 0 Å². The van der Waals surface area contributed by atoms with Crippen molar-refractivity contribution < 1.29 is 9.90 Å². The zero-order chi connectivity index (χ0) is 18.5. The van der Waals surface area contributed by atoms with Crippen LogP contribution >= 0.6 is 11.8 Å². The second kappa shape index (κ2) is 8.19. The van der Waals surface area contributed by atoms with Crippen LogP contribution in [-0.2, 0) is 0 Å². The van der Waals surface area contributed by atoms with E-state index in [1.807, 2.05) is 41.0 Å². The molecule has 1 heterocycles. The highest BCUT2D eigenvalue weighted by Gasteiger charge is 2.14. The molecule has 1 N–H and O–H groups in total. The van der Waals surface area contributed by atoms with Crippen LogP contribution in [0.1, 0.15) is 42.1 Å². The number of aromatic hydroxyl groups is 1. The van der Waals surface area contributed by atoms with Gasteiger partial charge in [-0.3, -0.25) is 9.36 Å². The second-order valence-electron chi connectivity index (χ2n) is 6.27. The molecule has 6 heteroatoms. The number of rotatable bonds is 7. The average molecular weight is 367 g/mol. The lowest BCUT2D eigenvalue weighted by Gasteiger charge is -2.10. The normalized spacial score (nSPS) is 11.0. The van der Waals surface area contributed by atoms with Crippen molar-refractivity contribution in [3.05, 3.63) is 66.0 Å². The summed E-state index contributed by atoms with van der Waals surface area (Å²) in [5.74, 6) is 0.844. The Kier molecular flexibility index (Phi) is 5.73. The first-order chi connectivity index (χ1) is 12.6. The van der Waals surface area contributed by atoms with Gasteiger partial charge in [0.2, 0.25) is 0 Å². The van der Waals surface area contributed by atoms with E-state index < -0.39 is 0 Å². The second-order valence-corrected chi connectivity index (χ2v) is 7.33. The molecular weight excluding hydrogens is 346 g/mol. The molecule has 0 aliphatic rings. The Balaban J connectivity index is 1.65. The van der Waals surface area contributed by atoms with Gasteiger partial charge in [-0.05, 0) is 35.7 Å². The number of carbonyl (C=O) groups excluding carboxylic acids is 1. The zero-order valence-corrected chi connectivity index (χ0v) is 15.6. The number of phenolic OH excluding ortho intramolecular Hbond substituents is 1. The monoisotopic (exact) mass is 367 g/mol. The molecule has 0 spiro atoms. The molecule has 0 unspecified atom stereocenters. The lowest BCUT2D eigenvalue weighted by Crippen LogP contribution is -2.03. The summed E-state index contributed by atoms with van der Waals surface area (Å²) in [6, 6.07) is 15.1. The molecule has 0 aliphatic carbocycles. The molecule has 0 saturated heterocycles. The van der Waals surface area contributed by atoms with Crippen LogP contribution < -0.4 is 0 Å². The minimum atomic E-state index is -0.0664. The number of Topliss-reactive ketones (excluding diaryl/α,β-unsaturated/α-hetero) is 1. The number of hydrogen-bond acceptors (Lipinski definition) is 5. The predicted octanol–water partition coefficient (Wildman–Crippen LogP) is 4.46. The molecule has 26 heavy (non-hydrogen) atoms. The molecule has 0 aliphatic heterocycles. The Morgan fingerprint density at radius 3 is 2.69 bits per heavy atom. The lowest BCUT2D eigenvalue weighted by atomic mass is 9.98. The lowest BCUT2D eigenvalue weighted by molar-refractivity contribution is 0.0987. The highest BCUT2D eigenvalue weighted by molar-refractivity contribution is 7.99. The first-order valence-corrected chi connectivity index (χ1v) is 9.49. The molecule has 134 valence electrons. The van der Waals surface area contributed by atoms with Gasteiger partial charge in [0.15, 0.2) is 10.9 Å². The minimum Gasteiger partial charge on any atom is -0.507 e. The standard InChI is InChI=1S/C20H21N3O2S/c1-14(2)15-8-9-18(24)17(12-15)19(25)10-11-26-20-22-21-13-23(20)16-6-4-3-5-7-16/h3-9,12-14,24H,10-11H2,1-2H3. The fourth-order valence-corrected chi connectivity index (χ4v) is 3.46. The third-order valence-corrected chi connectivity index (χ3v) is 5.04. The van der Waals surface area contributed by atoms with Crippen LogP contribution in [0.3, 0.4) is 0 Å². The van der Waals surface area contributed by atoms with Crippen molar-refractivity contribution in [2.24, 2.45) is 0 Å². The molecule has 0 atom stereocenters. The predicted molar refractivity (Wildman–Crippen MR) is 103 cm³/mol. The van der Waals surface area contributed by atoms with Gasteiger partial charge in [0.05, 0.1) is 5.56 Å². The highest BCUT2D eigenvalue weighted by atomic mass is 32.2. The van der Waals surface area contributed by atoms with Crippen molar-refractivity contribution in [2.75, 3.05) is 5.75 Å². The Hall–Kier alpha value is -2.60. The number of aromatic nitrogens is 3. The number of benzene rings is 2. The van der Waals surface area contributed by atoms with E-state index in [-0.39, 0.29) is 11.5 Å². The number of nitrogens with zero attached hydrogens (tertiary/aromatic N) is 3. The SMILES string of the molecule is CC(C)c1ccc(O)c(C(=O)CCSc2nncn2-c2ccccc2)c1. The minimum absolute atomic E-state index is 0.0388. The number of thioether (sulfide) groups is 1. The van der Waals surface area contributed by atoms with Crippen LogP contribution in [0, 0.1) is 0 Å². The molecule has 3 aromatic rings. The maximum Gasteiger partial charge on any atom is 0.195 e. The Morgan fingerprint density at radius 1 is 1.19 bits per heavy atom. The zero-order valence-electron chi connectivity index (χ0n) is 14.8. The molecule has 0 amide bonds. The molecule has 5 nitrogen and oxygen atoms in total. The summed E-state index contributed by atoms with van der Waals surface area (Å²) in [6.45, 7) is 4.12. The molecule has 2 aromatic carbocycles. The van der Waals surface area contributed by atoms with Gasteiger partial charge in [-0.25, -0.2) is 0 Å². The number of para-hydroxylation sites is 1. The molecular formula is C20H21N3O2S. The van der Waals surface area contributed by atoms with Crippen molar-refractivity contribution >= 4 is 17.5 Å². The maximum atomic E-state index is 12.5. The summed E-state index contributed by atoms with van der Waals surface area (Å²) < 4.78 is 1.89. The van der Waals surface area contributed by atoms with Crippen molar-refractivity contribution in [2.45, 2.75) is 31.3 Å². The van der Waals surface area contributed by atoms with E-state index in [0.29, 0.717) is 23.7 Å². The first-order valence-electron chi connectivity index (χ1n) is 8.50. The Labute approximate surface area is 157 Å². The van der Waals surface area contributed by atoms with Gasteiger partial charge in [-0.2, -0.15) is 0 Å². The van der Waals surface area contributed by atoms with Crippen LogP contribution in [0.4, 0.5) is 0 Å². The van der Waals surface area contributed by atoms with Gasteiger partial charge >= 0.3 is 0 Å². The summed E-state index contributed by atoms with van der Waals surface area (Å²) in [4.78, 5) is 12.5. The van der Waals surface area contributed by atoms with E-state index >= 15 is 0 Å². The highest BCUT2D eigenvalue weighted by Crippen LogP contribution is 2.26. The number of phenols is 1. The summed E-state index contributed by atoms with van der Waals surface area (Å²) in [6.07, 6.45) is 1.98. The fourth-order valence-electron chi connectivity index (χ4n) is 2.59. The van der Waals surface area contributed by atoms with Gasteiger partial charge in [0, 0.05) is 17.9 Å². The summed E-state index contributed by atoms with van der Waals surface area (Å²) in [7, 11) is 0. The van der Waals surface area contributed by atoms with Crippen molar-refractivity contribution in [3.63, 3.8) is 0 Å². The van der Waals surface area contributed by atoms with Crippen molar-refractivity contribution in [3.8, 4) is 11.4 Å². The van der Waals surface area contributed by atoms with E-state index in [1.54, 1.807) is 18.5 Å². The van der Waals surface area contributed by atoms with Crippen molar-refractivity contribution in [1.82, 2.24) is 14.8 Å². The third kappa shape index (κ3) is 4.14. The van der Waals surface area contributed by atoms with E-state index in [1.165, 1.54) is 11.8 Å². The quantitative estimate of drug-likeness (QED) is 0.493. The average Bonchev–Trinajstić information content (AvgIpc) is 3.11. The molecule has 1 aromatic heterocycles. The van der Waals surface area contributed by atoms with E-state index in [4.69, 9.17) is 0 Å². The summed E-state index contributed by atoms with van der Waals surface area (Å²) >= 11 is 1.47. The number of carbonyl (C=O) groups is 1. The Bertz CT molecular complexity index is 891. The Morgan fingerprint density at radius 2 is 1.96 bits per heavy atom. The number of hydrogen-bond donors (Lipinski definition) is 1. The maximum absolute atomic E-state index is 12.5. The van der Waals surface area contributed by atoms with Gasteiger partial charge in [0.1, 0.15) is 12.1 Å². The van der Waals surface area contributed by atoms with Gasteiger partial charge in [-0.1, -0.05) is 49.9 Å². The van der Waals surface area contributed by atoms with Crippen LogP contribution in [-0.4, -0.2) is 31.4 Å². The molecule has 0 fully saturated rings. The fraction of sp³-hybridized carbons (Fsp3) is 0.250. The smallest absolute Gasteiger partial charge is 0.195 e. The molecule has 0 radical (unpaired) electrons. The summed E-state index contributed by atoms with van der Waals surface area (Å²) in [5, 5.41) is 18.8. The first kappa shape index (κ1) is 18.2. The van der Waals surface area contributed by atoms with E-state index in [2.05, 4.69) is 24.0 Å². The molecule has 3 rings (SSSR count).